The van der Waals surface area contributed by atoms with Crippen LogP contribution in [0.25, 0.3) is 0 Å². The van der Waals surface area contributed by atoms with Crippen molar-refractivity contribution in [3.05, 3.63) is 34.9 Å². The summed E-state index contributed by atoms with van der Waals surface area (Å²) in [5, 5.41) is 13.6. The molecule has 0 atom stereocenters. The SMILES string of the molecule is CCCCN(CCC)c1nc(N(C)CC(C)(C)C)nc(Nc2cc(C)ccc2C)c1C#N. The topological polar surface area (TPSA) is 68.1 Å². The maximum absolute atomic E-state index is 10.1. The van der Waals surface area contributed by atoms with E-state index in [4.69, 9.17) is 9.97 Å². The summed E-state index contributed by atoms with van der Waals surface area (Å²) < 4.78 is 0. The van der Waals surface area contributed by atoms with Gasteiger partial charge in [-0.1, -0.05) is 53.2 Å². The van der Waals surface area contributed by atoms with Gasteiger partial charge in [-0.15, -0.1) is 0 Å². The van der Waals surface area contributed by atoms with Crippen LogP contribution >= 0.6 is 0 Å². The molecule has 0 aliphatic rings. The third-order valence-electron chi connectivity index (χ3n) is 5.26. The van der Waals surface area contributed by atoms with E-state index >= 15 is 0 Å². The lowest BCUT2D eigenvalue weighted by atomic mass is 9.96. The van der Waals surface area contributed by atoms with Crippen molar-refractivity contribution in [2.75, 3.05) is 41.8 Å². The van der Waals surface area contributed by atoms with Crippen molar-refractivity contribution in [2.45, 2.75) is 67.7 Å². The number of rotatable bonds is 10. The highest BCUT2D eigenvalue weighted by molar-refractivity contribution is 5.73. The van der Waals surface area contributed by atoms with E-state index in [9.17, 15) is 5.26 Å². The first kappa shape index (κ1) is 25.5. The molecule has 2 aromatic rings. The molecule has 0 aliphatic heterocycles. The Morgan fingerprint density at radius 2 is 1.78 bits per heavy atom. The molecule has 1 heterocycles. The number of benzene rings is 1. The Kier molecular flexibility index (Phi) is 8.89. The molecule has 0 aliphatic carbocycles. The third-order valence-corrected chi connectivity index (χ3v) is 5.26. The van der Waals surface area contributed by atoms with Crippen LogP contribution in [-0.4, -0.2) is 36.6 Å². The van der Waals surface area contributed by atoms with Crippen molar-refractivity contribution >= 4 is 23.3 Å². The number of aryl methyl sites for hydroxylation is 2. The van der Waals surface area contributed by atoms with Crippen LogP contribution in [0.2, 0.25) is 0 Å². The zero-order valence-corrected chi connectivity index (χ0v) is 21.2. The average molecular weight is 437 g/mol. The van der Waals surface area contributed by atoms with Crippen molar-refractivity contribution in [3.63, 3.8) is 0 Å². The Morgan fingerprint density at radius 1 is 1.06 bits per heavy atom. The minimum Gasteiger partial charge on any atom is -0.355 e. The molecule has 32 heavy (non-hydrogen) atoms. The predicted molar refractivity (Wildman–Crippen MR) is 136 cm³/mol. The first-order valence-electron chi connectivity index (χ1n) is 11.7. The highest BCUT2D eigenvalue weighted by atomic mass is 15.3. The minimum atomic E-state index is 0.0954. The van der Waals surface area contributed by atoms with Gasteiger partial charge in [0.1, 0.15) is 11.6 Å². The smallest absolute Gasteiger partial charge is 0.229 e. The quantitative estimate of drug-likeness (QED) is 0.478. The first-order valence-corrected chi connectivity index (χ1v) is 11.7. The van der Waals surface area contributed by atoms with Gasteiger partial charge >= 0.3 is 0 Å². The van der Waals surface area contributed by atoms with Gasteiger partial charge in [-0.3, -0.25) is 0 Å². The Bertz CT molecular complexity index is 939. The second-order valence-corrected chi connectivity index (χ2v) is 9.88. The summed E-state index contributed by atoms with van der Waals surface area (Å²) in [7, 11) is 2.02. The molecule has 2 rings (SSSR count). The highest BCUT2D eigenvalue weighted by Gasteiger charge is 2.23. The normalized spacial score (nSPS) is 11.2. The van der Waals surface area contributed by atoms with Crippen LogP contribution in [0.1, 0.15) is 70.6 Å². The fourth-order valence-electron chi connectivity index (χ4n) is 3.75. The maximum atomic E-state index is 10.1. The molecule has 1 aromatic carbocycles. The standard InChI is InChI=1S/C26H40N6/c1-9-11-15-32(14-10-2)24-21(17-27)23(28-22-16-19(3)12-13-20(22)4)29-25(30-24)31(8)18-26(5,6)7/h12-13,16H,9-11,14-15,18H2,1-8H3,(H,28,29,30). The monoisotopic (exact) mass is 436 g/mol. The van der Waals surface area contributed by atoms with E-state index in [1.54, 1.807) is 0 Å². The Labute approximate surface area is 194 Å². The second kappa shape index (κ2) is 11.2. The van der Waals surface area contributed by atoms with Gasteiger partial charge < -0.3 is 15.1 Å². The van der Waals surface area contributed by atoms with E-state index in [-0.39, 0.29) is 5.41 Å². The highest BCUT2D eigenvalue weighted by Crippen LogP contribution is 2.31. The van der Waals surface area contributed by atoms with Crippen molar-refractivity contribution in [2.24, 2.45) is 5.41 Å². The third kappa shape index (κ3) is 6.85. The van der Waals surface area contributed by atoms with Crippen molar-refractivity contribution in [1.82, 2.24) is 9.97 Å². The van der Waals surface area contributed by atoms with Gasteiger partial charge in [-0.25, -0.2) is 0 Å². The molecule has 1 N–H and O–H groups in total. The summed E-state index contributed by atoms with van der Waals surface area (Å²) >= 11 is 0. The first-order chi connectivity index (χ1) is 15.1. The average Bonchev–Trinajstić information content (AvgIpc) is 2.72. The van der Waals surface area contributed by atoms with Gasteiger partial charge in [-0.2, -0.15) is 15.2 Å². The molecule has 0 bridgehead atoms. The molecule has 6 nitrogen and oxygen atoms in total. The number of nitrogens with zero attached hydrogens (tertiary/aromatic N) is 5. The Balaban J connectivity index is 2.64. The molecule has 0 saturated heterocycles. The summed E-state index contributed by atoms with van der Waals surface area (Å²) in [6.07, 6.45) is 3.14. The maximum Gasteiger partial charge on any atom is 0.229 e. The summed E-state index contributed by atoms with van der Waals surface area (Å²) in [5.74, 6) is 1.93. The largest absolute Gasteiger partial charge is 0.355 e. The molecule has 0 fully saturated rings. The molecule has 1 aromatic heterocycles. The number of unbranched alkanes of at least 4 members (excludes halogenated alkanes) is 1. The number of hydrogen-bond donors (Lipinski definition) is 1. The predicted octanol–water partition coefficient (Wildman–Crippen LogP) is 6.21. The van der Waals surface area contributed by atoms with E-state index in [0.29, 0.717) is 17.3 Å². The van der Waals surface area contributed by atoms with Gasteiger partial charge in [-0.05, 0) is 49.3 Å². The van der Waals surface area contributed by atoms with Crippen molar-refractivity contribution in [1.29, 1.82) is 5.26 Å². The van der Waals surface area contributed by atoms with Crippen molar-refractivity contribution < 1.29 is 0 Å². The summed E-state index contributed by atoms with van der Waals surface area (Å²) in [5.41, 5.74) is 3.83. The minimum absolute atomic E-state index is 0.0954. The number of aromatic nitrogens is 2. The van der Waals surface area contributed by atoms with Gasteiger partial charge in [0.05, 0.1) is 0 Å². The zero-order valence-electron chi connectivity index (χ0n) is 21.2. The molecule has 0 unspecified atom stereocenters. The molecule has 6 heteroatoms. The van der Waals surface area contributed by atoms with Crippen molar-refractivity contribution in [3.8, 4) is 6.07 Å². The molecule has 0 radical (unpaired) electrons. The van der Waals surface area contributed by atoms with Gasteiger partial charge in [0, 0.05) is 32.4 Å². The molecular weight excluding hydrogens is 396 g/mol. The fourth-order valence-corrected chi connectivity index (χ4v) is 3.75. The van der Waals surface area contributed by atoms with Crippen LogP contribution in [0.15, 0.2) is 18.2 Å². The van der Waals surface area contributed by atoms with Crippen LogP contribution in [0.4, 0.5) is 23.3 Å². The van der Waals surface area contributed by atoms with E-state index in [0.717, 1.165) is 61.5 Å². The van der Waals surface area contributed by atoms with E-state index < -0.39 is 0 Å². The summed E-state index contributed by atoms with van der Waals surface area (Å²) in [6.45, 7) is 17.6. The fraction of sp³-hybridized carbons (Fsp3) is 0.577. The summed E-state index contributed by atoms with van der Waals surface area (Å²) in [6, 6.07) is 8.67. The lowest BCUT2D eigenvalue weighted by Gasteiger charge is -2.30. The Hall–Kier alpha value is -2.81. The molecule has 0 saturated carbocycles. The van der Waals surface area contributed by atoms with E-state index in [2.05, 4.69) is 87.9 Å². The van der Waals surface area contributed by atoms with E-state index in [1.165, 1.54) is 0 Å². The van der Waals surface area contributed by atoms with Crippen LogP contribution in [0.3, 0.4) is 0 Å². The van der Waals surface area contributed by atoms with Gasteiger partial charge in [0.25, 0.3) is 0 Å². The molecule has 174 valence electrons. The van der Waals surface area contributed by atoms with Gasteiger partial charge in [0.2, 0.25) is 5.95 Å². The van der Waals surface area contributed by atoms with Crippen LogP contribution in [-0.2, 0) is 0 Å². The second-order valence-electron chi connectivity index (χ2n) is 9.88. The van der Waals surface area contributed by atoms with Crippen LogP contribution < -0.4 is 15.1 Å². The van der Waals surface area contributed by atoms with Crippen LogP contribution in [0, 0.1) is 30.6 Å². The number of nitriles is 1. The lowest BCUT2D eigenvalue weighted by molar-refractivity contribution is 0.416. The molecule has 0 spiro atoms. The molecular formula is C26H40N6. The van der Waals surface area contributed by atoms with Gasteiger partial charge in [0.15, 0.2) is 11.6 Å². The zero-order chi connectivity index (χ0) is 23.9. The lowest BCUT2D eigenvalue weighted by Crippen LogP contribution is -2.32. The summed E-state index contributed by atoms with van der Waals surface area (Å²) in [4.78, 5) is 14.1. The molecule has 0 amide bonds. The Morgan fingerprint density at radius 3 is 2.38 bits per heavy atom. The number of nitrogens with one attached hydrogen (secondary N) is 1. The van der Waals surface area contributed by atoms with E-state index in [1.807, 2.05) is 7.05 Å². The number of hydrogen-bond acceptors (Lipinski definition) is 6. The van der Waals surface area contributed by atoms with Crippen LogP contribution in [0.5, 0.6) is 0 Å². The number of anilines is 4.